The Labute approximate surface area is 194 Å². The number of rotatable bonds is 11. The molecule has 0 bridgehead atoms. The number of allylic oxidation sites excluding steroid dienone is 1. The molecule has 166 valence electrons. The molecule has 0 aliphatic rings. The van der Waals surface area contributed by atoms with Crippen LogP contribution in [0.25, 0.3) is 0 Å². The summed E-state index contributed by atoms with van der Waals surface area (Å²) in [6, 6.07) is 14.6. The third kappa shape index (κ3) is 8.35. The molecule has 0 aliphatic heterocycles. The molecule has 0 spiro atoms. The topological polar surface area (TPSA) is 78.2 Å². The fourth-order valence-electron chi connectivity index (χ4n) is 2.60. The molecule has 0 amide bonds. The predicted molar refractivity (Wildman–Crippen MR) is 130 cm³/mol. The van der Waals surface area contributed by atoms with Crippen molar-refractivity contribution in [1.82, 2.24) is 10.8 Å². The third-order valence-electron chi connectivity index (χ3n) is 3.99. The number of aliphatic imine (C=N–C) groups is 1. The molecule has 0 heterocycles. The lowest BCUT2D eigenvalue weighted by molar-refractivity contribution is 0.212. The number of amidine groups is 1. The van der Waals surface area contributed by atoms with Gasteiger partial charge in [0.25, 0.3) is 0 Å². The molecule has 2 aromatic carbocycles. The van der Waals surface area contributed by atoms with Crippen LogP contribution in [0.5, 0.6) is 0 Å². The molecule has 0 saturated heterocycles. The highest BCUT2D eigenvalue weighted by atomic mass is 79.9. The molecule has 6 nitrogen and oxygen atoms in total. The van der Waals surface area contributed by atoms with Gasteiger partial charge in [-0.3, -0.25) is 10.7 Å². The lowest BCUT2D eigenvalue weighted by Gasteiger charge is -2.14. The van der Waals surface area contributed by atoms with E-state index in [0.29, 0.717) is 23.6 Å². The lowest BCUT2D eigenvalue weighted by Crippen LogP contribution is -2.35. The van der Waals surface area contributed by atoms with Crippen LogP contribution in [0.3, 0.4) is 0 Å². The highest BCUT2D eigenvalue weighted by Crippen LogP contribution is 2.22. The number of hydroxylamine groups is 1. The quantitative estimate of drug-likeness (QED) is 0.163. The van der Waals surface area contributed by atoms with Gasteiger partial charge in [0.1, 0.15) is 12.9 Å². The SMILES string of the molecule is CC/C=C(NCCSCc1ccccc1)/C(=N\OC)C(=Nc1ccc(F)c(Br)c1)NO. The smallest absolute Gasteiger partial charge is 0.181 e. The second kappa shape index (κ2) is 13.8. The van der Waals surface area contributed by atoms with Crippen LogP contribution in [0.4, 0.5) is 10.1 Å². The van der Waals surface area contributed by atoms with Crippen molar-refractivity contribution in [3.05, 3.63) is 76.2 Å². The zero-order valence-electron chi connectivity index (χ0n) is 17.4. The summed E-state index contributed by atoms with van der Waals surface area (Å²) in [5.41, 5.74) is 4.77. The van der Waals surface area contributed by atoms with E-state index in [9.17, 15) is 9.60 Å². The van der Waals surface area contributed by atoms with Gasteiger partial charge in [-0.2, -0.15) is 11.8 Å². The van der Waals surface area contributed by atoms with E-state index in [4.69, 9.17) is 4.84 Å². The molecule has 2 rings (SSSR count). The minimum absolute atomic E-state index is 0.0736. The Morgan fingerprint density at radius 2 is 2.03 bits per heavy atom. The average molecular weight is 509 g/mol. The van der Waals surface area contributed by atoms with Crippen LogP contribution >= 0.6 is 27.7 Å². The number of nitrogens with one attached hydrogen (secondary N) is 2. The number of halogens is 2. The predicted octanol–water partition coefficient (Wildman–Crippen LogP) is 5.42. The van der Waals surface area contributed by atoms with E-state index in [0.717, 1.165) is 17.9 Å². The van der Waals surface area contributed by atoms with Crippen LogP contribution in [-0.4, -0.2) is 36.2 Å². The molecule has 9 heteroatoms. The first kappa shape index (κ1) is 24.9. The molecule has 0 atom stereocenters. The Bertz CT molecular complexity index is 923. The summed E-state index contributed by atoms with van der Waals surface area (Å²) in [5, 5.41) is 17.1. The molecule has 3 N–H and O–H groups in total. The summed E-state index contributed by atoms with van der Waals surface area (Å²) in [6.07, 6.45) is 2.68. The molecule has 0 saturated carbocycles. The summed E-state index contributed by atoms with van der Waals surface area (Å²) >= 11 is 4.95. The summed E-state index contributed by atoms with van der Waals surface area (Å²) in [6.45, 7) is 2.68. The highest BCUT2D eigenvalue weighted by Gasteiger charge is 2.16. The molecule has 0 fully saturated rings. The first-order valence-corrected chi connectivity index (χ1v) is 11.6. The van der Waals surface area contributed by atoms with Crippen LogP contribution < -0.4 is 10.8 Å². The molecule has 31 heavy (non-hydrogen) atoms. The summed E-state index contributed by atoms with van der Waals surface area (Å²) in [4.78, 5) is 9.33. The first-order chi connectivity index (χ1) is 15.1. The van der Waals surface area contributed by atoms with Gasteiger partial charge < -0.3 is 10.2 Å². The van der Waals surface area contributed by atoms with Crippen molar-refractivity contribution in [1.29, 1.82) is 0 Å². The number of nitrogens with zero attached hydrogens (tertiary/aromatic N) is 2. The average Bonchev–Trinajstić information content (AvgIpc) is 2.78. The van der Waals surface area contributed by atoms with Crippen molar-refractivity contribution in [2.24, 2.45) is 10.1 Å². The van der Waals surface area contributed by atoms with E-state index < -0.39 is 5.82 Å². The maximum Gasteiger partial charge on any atom is 0.181 e. The Hall–Kier alpha value is -2.36. The molecule has 0 unspecified atom stereocenters. The van der Waals surface area contributed by atoms with Crippen LogP contribution in [0.1, 0.15) is 18.9 Å². The zero-order valence-corrected chi connectivity index (χ0v) is 19.8. The second-order valence-corrected chi connectivity index (χ2v) is 8.24. The largest absolute Gasteiger partial charge is 0.398 e. The molecular weight excluding hydrogens is 483 g/mol. The summed E-state index contributed by atoms with van der Waals surface area (Å²) in [5.74, 6) is 1.48. The van der Waals surface area contributed by atoms with Gasteiger partial charge in [0, 0.05) is 18.1 Å². The number of thioether (sulfide) groups is 1. The fraction of sp³-hybridized carbons (Fsp3) is 0.273. The van der Waals surface area contributed by atoms with E-state index in [1.165, 1.54) is 30.9 Å². The van der Waals surface area contributed by atoms with E-state index in [2.05, 4.69) is 49.0 Å². The van der Waals surface area contributed by atoms with Gasteiger partial charge in [0.05, 0.1) is 15.9 Å². The Balaban J connectivity index is 2.09. The third-order valence-corrected chi connectivity index (χ3v) is 5.63. The molecular formula is C22H26BrFN4O2S. The highest BCUT2D eigenvalue weighted by molar-refractivity contribution is 9.10. The van der Waals surface area contributed by atoms with Crippen molar-refractivity contribution in [3.63, 3.8) is 0 Å². The fourth-order valence-corrected chi connectivity index (χ4v) is 3.79. The zero-order chi connectivity index (χ0) is 22.5. The van der Waals surface area contributed by atoms with Crippen LogP contribution in [-0.2, 0) is 10.6 Å². The lowest BCUT2D eigenvalue weighted by atomic mass is 10.2. The Morgan fingerprint density at radius 1 is 1.26 bits per heavy atom. The van der Waals surface area contributed by atoms with Gasteiger partial charge in [-0.15, -0.1) is 0 Å². The van der Waals surface area contributed by atoms with Crippen molar-refractivity contribution >= 4 is 44.9 Å². The van der Waals surface area contributed by atoms with E-state index in [1.807, 2.05) is 43.0 Å². The van der Waals surface area contributed by atoms with Crippen molar-refractivity contribution in [2.75, 3.05) is 19.4 Å². The minimum Gasteiger partial charge on any atom is -0.398 e. The maximum atomic E-state index is 13.5. The number of benzene rings is 2. The van der Waals surface area contributed by atoms with Gasteiger partial charge in [-0.25, -0.2) is 9.38 Å². The molecule has 0 aromatic heterocycles. The first-order valence-electron chi connectivity index (χ1n) is 9.70. The van der Waals surface area contributed by atoms with Gasteiger partial charge in [0.2, 0.25) is 0 Å². The number of hydrogen-bond acceptors (Lipinski definition) is 6. The van der Waals surface area contributed by atoms with E-state index in [-0.39, 0.29) is 10.3 Å². The van der Waals surface area contributed by atoms with Crippen molar-refractivity contribution in [2.45, 2.75) is 19.1 Å². The summed E-state index contributed by atoms with van der Waals surface area (Å²) < 4.78 is 13.8. The second-order valence-electron chi connectivity index (χ2n) is 6.28. The van der Waals surface area contributed by atoms with Gasteiger partial charge in [0.15, 0.2) is 11.5 Å². The van der Waals surface area contributed by atoms with Gasteiger partial charge >= 0.3 is 0 Å². The normalized spacial score (nSPS) is 12.6. The van der Waals surface area contributed by atoms with E-state index in [1.54, 1.807) is 0 Å². The van der Waals surface area contributed by atoms with Crippen molar-refractivity contribution in [3.8, 4) is 0 Å². The molecule has 2 aromatic rings. The number of hydrogen-bond donors (Lipinski definition) is 3. The van der Waals surface area contributed by atoms with Crippen molar-refractivity contribution < 1.29 is 14.4 Å². The Morgan fingerprint density at radius 3 is 2.68 bits per heavy atom. The molecule has 0 radical (unpaired) electrons. The summed E-state index contributed by atoms with van der Waals surface area (Å²) in [7, 11) is 1.42. The Kier molecular flexibility index (Phi) is 11.1. The van der Waals surface area contributed by atoms with Gasteiger partial charge in [-0.1, -0.05) is 48.5 Å². The van der Waals surface area contributed by atoms with Crippen LogP contribution in [0, 0.1) is 5.82 Å². The number of oxime groups is 1. The van der Waals surface area contributed by atoms with Crippen LogP contribution in [0.2, 0.25) is 0 Å². The molecule has 0 aliphatic carbocycles. The minimum atomic E-state index is -0.399. The van der Waals surface area contributed by atoms with E-state index >= 15 is 0 Å². The standard InChI is InChI=1S/C22H26BrFN4O2S/c1-3-7-20(25-12-13-31-15-16-8-5-4-6-9-16)21(28-30-2)22(27-29)26-17-10-11-19(24)18(23)14-17/h4-11,14,25,29H,3,12-13,15H2,1-2H3,(H,26,27)/b20-7-,28-21+. The van der Waals surface area contributed by atoms with Crippen LogP contribution in [0.15, 0.2) is 74.9 Å². The monoisotopic (exact) mass is 508 g/mol. The maximum absolute atomic E-state index is 13.5. The van der Waals surface area contributed by atoms with Gasteiger partial charge in [-0.05, 0) is 46.1 Å².